The summed E-state index contributed by atoms with van der Waals surface area (Å²) in [4.78, 5) is 27.8. The zero-order valence-corrected chi connectivity index (χ0v) is 15.9. The molecule has 0 atom stereocenters. The molecular formula is C18H26FN3O2S. The van der Waals surface area contributed by atoms with Gasteiger partial charge in [-0.25, -0.2) is 9.18 Å². The molecule has 1 aromatic rings. The van der Waals surface area contributed by atoms with Gasteiger partial charge in [-0.05, 0) is 12.1 Å². The molecule has 0 saturated carbocycles. The average Bonchev–Trinajstić information content (AvgIpc) is 2.58. The van der Waals surface area contributed by atoms with Gasteiger partial charge < -0.3 is 15.1 Å². The summed E-state index contributed by atoms with van der Waals surface area (Å²) in [5.74, 6) is 0.0322. The fourth-order valence-corrected chi connectivity index (χ4v) is 3.36. The highest BCUT2D eigenvalue weighted by Gasteiger charge is 2.26. The van der Waals surface area contributed by atoms with Crippen molar-refractivity contribution < 1.29 is 14.0 Å². The van der Waals surface area contributed by atoms with Crippen molar-refractivity contribution in [3.05, 3.63) is 35.6 Å². The van der Waals surface area contributed by atoms with Crippen LogP contribution in [0.4, 0.5) is 9.18 Å². The second-order valence-electron chi connectivity index (χ2n) is 6.95. The maximum atomic E-state index is 13.7. The van der Waals surface area contributed by atoms with Gasteiger partial charge in [0, 0.05) is 43.2 Å². The van der Waals surface area contributed by atoms with E-state index in [0.717, 1.165) is 5.75 Å². The van der Waals surface area contributed by atoms with Crippen LogP contribution < -0.4 is 5.32 Å². The van der Waals surface area contributed by atoms with Gasteiger partial charge in [-0.2, -0.15) is 11.8 Å². The van der Waals surface area contributed by atoms with Crippen molar-refractivity contribution in [2.45, 2.75) is 25.5 Å². The van der Waals surface area contributed by atoms with E-state index in [0.29, 0.717) is 32.7 Å². The van der Waals surface area contributed by atoms with Gasteiger partial charge in [0.1, 0.15) is 5.82 Å². The van der Waals surface area contributed by atoms with Gasteiger partial charge in [-0.15, -0.1) is 0 Å². The standard InChI is InChI=1S/C18H26FN3O2S/c1-18(2,3)25-13-8-20-17(24)22-11-9-21(10-12-22)16(23)14-6-4-5-7-15(14)19/h4-7H,8-13H2,1-3H3,(H,20,24). The first-order chi connectivity index (χ1) is 11.8. The Labute approximate surface area is 152 Å². The topological polar surface area (TPSA) is 52.7 Å². The lowest BCUT2D eigenvalue weighted by Crippen LogP contribution is -2.53. The van der Waals surface area contributed by atoms with E-state index in [1.54, 1.807) is 33.7 Å². The molecule has 1 fully saturated rings. The maximum absolute atomic E-state index is 13.7. The molecular weight excluding hydrogens is 341 g/mol. The first-order valence-electron chi connectivity index (χ1n) is 8.48. The molecule has 138 valence electrons. The minimum absolute atomic E-state index is 0.0830. The average molecular weight is 367 g/mol. The predicted molar refractivity (Wildman–Crippen MR) is 99.5 cm³/mol. The number of hydrogen-bond acceptors (Lipinski definition) is 3. The number of nitrogens with zero attached hydrogens (tertiary/aromatic N) is 2. The molecule has 5 nitrogen and oxygen atoms in total. The highest BCUT2D eigenvalue weighted by Crippen LogP contribution is 2.22. The van der Waals surface area contributed by atoms with Crippen molar-refractivity contribution in [2.75, 3.05) is 38.5 Å². The van der Waals surface area contributed by atoms with Gasteiger partial charge in [0.25, 0.3) is 5.91 Å². The summed E-state index contributed by atoms with van der Waals surface area (Å²) in [7, 11) is 0. The third-order valence-corrected chi connectivity index (χ3v) is 5.15. The van der Waals surface area contributed by atoms with Crippen molar-refractivity contribution in [1.82, 2.24) is 15.1 Å². The van der Waals surface area contributed by atoms with Crippen molar-refractivity contribution in [1.29, 1.82) is 0 Å². The molecule has 1 aromatic carbocycles. The van der Waals surface area contributed by atoms with Crippen LogP contribution in [0.5, 0.6) is 0 Å². The summed E-state index contributed by atoms with van der Waals surface area (Å²) in [6, 6.07) is 5.88. The number of carbonyl (C=O) groups excluding carboxylic acids is 2. The molecule has 7 heteroatoms. The Hall–Kier alpha value is -1.76. The number of piperazine rings is 1. The molecule has 1 aliphatic rings. The Morgan fingerprint density at radius 3 is 2.32 bits per heavy atom. The van der Waals surface area contributed by atoms with Gasteiger partial charge in [-0.1, -0.05) is 32.9 Å². The fourth-order valence-electron chi connectivity index (χ4n) is 2.54. The van der Waals surface area contributed by atoms with Crippen molar-refractivity contribution in [3.63, 3.8) is 0 Å². The minimum Gasteiger partial charge on any atom is -0.337 e. The Balaban J connectivity index is 1.76. The normalized spacial score (nSPS) is 15.2. The molecule has 0 bridgehead atoms. The summed E-state index contributed by atoms with van der Waals surface area (Å²) in [6.07, 6.45) is 0. The molecule has 0 aliphatic carbocycles. The number of halogens is 1. The third kappa shape index (κ3) is 5.92. The van der Waals surface area contributed by atoms with Gasteiger partial charge in [-0.3, -0.25) is 4.79 Å². The lowest BCUT2D eigenvalue weighted by molar-refractivity contribution is 0.0660. The van der Waals surface area contributed by atoms with Crippen LogP contribution in [-0.2, 0) is 0 Å². The Morgan fingerprint density at radius 1 is 1.12 bits per heavy atom. The van der Waals surface area contributed by atoms with Crippen molar-refractivity contribution in [2.24, 2.45) is 0 Å². The van der Waals surface area contributed by atoms with Gasteiger partial charge in [0.05, 0.1) is 5.56 Å². The summed E-state index contributed by atoms with van der Waals surface area (Å²) in [6.45, 7) is 8.79. The third-order valence-electron chi connectivity index (χ3n) is 3.87. The fraction of sp³-hybridized carbons (Fsp3) is 0.556. The van der Waals surface area contributed by atoms with Crippen LogP contribution in [0.1, 0.15) is 31.1 Å². The highest BCUT2D eigenvalue weighted by molar-refractivity contribution is 8.00. The molecule has 25 heavy (non-hydrogen) atoms. The van der Waals surface area contributed by atoms with Crippen molar-refractivity contribution in [3.8, 4) is 0 Å². The number of thioether (sulfide) groups is 1. The number of carbonyl (C=O) groups is 2. The van der Waals surface area contributed by atoms with Gasteiger partial charge in [0.15, 0.2) is 0 Å². The monoisotopic (exact) mass is 367 g/mol. The molecule has 1 saturated heterocycles. The SMILES string of the molecule is CC(C)(C)SCCNC(=O)N1CCN(C(=O)c2ccccc2F)CC1. The summed E-state index contributed by atoms with van der Waals surface area (Å²) >= 11 is 1.80. The van der Waals surface area contributed by atoms with Crippen LogP contribution in [0, 0.1) is 5.82 Å². The van der Waals surface area contributed by atoms with Crippen LogP contribution >= 0.6 is 11.8 Å². The quantitative estimate of drug-likeness (QED) is 0.833. The van der Waals surface area contributed by atoms with Crippen LogP contribution in [0.2, 0.25) is 0 Å². The van der Waals surface area contributed by atoms with Gasteiger partial charge in [0.2, 0.25) is 0 Å². The molecule has 1 N–H and O–H groups in total. The number of nitrogens with one attached hydrogen (secondary N) is 1. The first-order valence-corrected chi connectivity index (χ1v) is 9.47. The summed E-state index contributed by atoms with van der Waals surface area (Å²) in [5.41, 5.74) is 0.0830. The lowest BCUT2D eigenvalue weighted by atomic mass is 10.1. The van der Waals surface area contributed by atoms with E-state index >= 15 is 0 Å². The van der Waals surface area contributed by atoms with E-state index < -0.39 is 5.82 Å². The van der Waals surface area contributed by atoms with Crippen LogP contribution in [0.3, 0.4) is 0 Å². The molecule has 0 spiro atoms. The van der Waals surface area contributed by atoms with E-state index in [-0.39, 0.29) is 22.2 Å². The zero-order valence-electron chi connectivity index (χ0n) is 15.0. The Kier molecular flexibility index (Phi) is 6.70. The van der Waals surface area contributed by atoms with E-state index in [1.807, 2.05) is 0 Å². The van der Waals surface area contributed by atoms with E-state index in [9.17, 15) is 14.0 Å². The van der Waals surface area contributed by atoms with E-state index in [2.05, 4.69) is 26.1 Å². The molecule has 0 unspecified atom stereocenters. The summed E-state index contributed by atoms with van der Waals surface area (Å²) in [5, 5.41) is 2.91. The number of rotatable bonds is 4. The number of benzene rings is 1. The van der Waals surface area contributed by atoms with Crippen LogP contribution in [-0.4, -0.2) is 65.0 Å². The Bertz CT molecular complexity index is 611. The molecule has 0 aromatic heterocycles. The smallest absolute Gasteiger partial charge is 0.317 e. The minimum atomic E-state index is -0.510. The number of urea groups is 1. The molecule has 1 aliphatic heterocycles. The predicted octanol–water partition coefficient (Wildman–Crippen LogP) is 2.82. The zero-order chi connectivity index (χ0) is 18.4. The molecule has 0 radical (unpaired) electrons. The molecule has 1 heterocycles. The lowest BCUT2D eigenvalue weighted by Gasteiger charge is -2.34. The maximum Gasteiger partial charge on any atom is 0.317 e. The van der Waals surface area contributed by atoms with Crippen LogP contribution in [0.15, 0.2) is 24.3 Å². The van der Waals surface area contributed by atoms with E-state index in [1.165, 1.54) is 12.1 Å². The molecule has 3 amide bonds. The second kappa shape index (κ2) is 8.56. The highest BCUT2D eigenvalue weighted by atomic mass is 32.2. The summed E-state index contributed by atoms with van der Waals surface area (Å²) < 4.78 is 13.9. The molecule has 2 rings (SSSR count). The number of amides is 3. The largest absolute Gasteiger partial charge is 0.337 e. The van der Waals surface area contributed by atoms with E-state index in [4.69, 9.17) is 0 Å². The van der Waals surface area contributed by atoms with Gasteiger partial charge >= 0.3 is 6.03 Å². The first kappa shape index (κ1) is 19.6. The van der Waals surface area contributed by atoms with Crippen molar-refractivity contribution >= 4 is 23.7 Å². The van der Waals surface area contributed by atoms with Crippen LogP contribution in [0.25, 0.3) is 0 Å². The number of hydrogen-bond donors (Lipinski definition) is 1. The second-order valence-corrected chi connectivity index (χ2v) is 8.87. The Morgan fingerprint density at radius 2 is 1.72 bits per heavy atom.